The minimum absolute atomic E-state index is 0.0721. The van der Waals surface area contributed by atoms with E-state index >= 15 is 0 Å². The molecule has 5 heteroatoms. The molecule has 0 amide bonds. The van der Waals surface area contributed by atoms with Crippen molar-refractivity contribution in [3.8, 4) is 0 Å². The second kappa shape index (κ2) is 4.55. The van der Waals surface area contributed by atoms with Crippen molar-refractivity contribution in [3.05, 3.63) is 23.8 Å². The van der Waals surface area contributed by atoms with Crippen molar-refractivity contribution in [2.75, 3.05) is 12.3 Å². The molecule has 100 valence electrons. The van der Waals surface area contributed by atoms with Crippen molar-refractivity contribution in [3.63, 3.8) is 0 Å². The number of anilines is 1. The highest BCUT2D eigenvalue weighted by atomic mass is 32.2. The topological polar surface area (TPSA) is 63.4 Å². The second-order valence-corrected chi connectivity index (χ2v) is 7.17. The van der Waals surface area contributed by atoms with Crippen molar-refractivity contribution in [2.45, 2.75) is 38.1 Å². The Morgan fingerprint density at radius 3 is 2.50 bits per heavy atom. The smallest absolute Gasteiger partial charge is 0.243 e. The summed E-state index contributed by atoms with van der Waals surface area (Å²) in [5.74, 6) is 0.421. The van der Waals surface area contributed by atoms with Crippen LogP contribution in [0, 0.1) is 12.8 Å². The number of hydrogen-bond donors (Lipinski definition) is 1. The summed E-state index contributed by atoms with van der Waals surface area (Å²) in [5, 5.41) is 0. The first kappa shape index (κ1) is 13.4. The molecule has 0 spiro atoms. The fraction of sp³-hybridized carbons (Fsp3) is 0.538. The molecule has 2 unspecified atom stereocenters. The largest absolute Gasteiger partial charge is 0.399 e. The summed E-state index contributed by atoms with van der Waals surface area (Å²) in [6.07, 6.45) is 0.924. The van der Waals surface area contributed by atoms with Gasteiger partial charge < -0.3 is 5.73 Å². The number of aryl methyl sites for hydroxylation is 1. The van der Waals surface area contributed by atoms with Crippen molar-refractivity contribution < 1.29 is 8.42 Å². The molecule has 1 aromatic rings. The van der Waals surface area contributed by atoms with Crippen molar-refractivity contribution >= 4 is 15.7 Å². The Hall–Kier alpha value is -1.07. The van der Waals surface area contributed by atoms with Crippen LogP contribution in [0.4, 0.5) is 5.69 Å². The predicted molar refractivity (Wildman–Crippen MR) is 72.7 cm³/mol. The first-order chi connectivity index (χ1) is 8.32. The number of nitrogen functional groups attached to an aromatic ring is 1. The summed E-state index contributed by atoms with van der Waals surface area (Å²) in [6, 6.07) is 4.97. The van der Waals surface area contributed by atoms with E-state index in [1.54, 1.807) is 22.5 Å². The van der Waals surface area contributed by atoms with Gasteiger partial charge in [-0.1, -0.05) is 6.92 Å². The van der Waals surface area contributed by atoms with E-state index < -0.39 is 10.0 Å². The lowest BCUT2D eigenvalue weighted by Crippen LogP contribution is -2.34. The number of nitrogens with two attached hydrogens (primary N) is 1. The first-order valence-electron chi connectivity index (χ1n) is 6.20. The summed E-state index contributed by atoms with van der Waals surface area (Å²) >= 11 is 0. The molecule has 1 saturated heterocycles. The first-order valence-corrected chi connectivity index (χ1v) is 7.64. The molecule has 2 rings (SSSR count). The van der Waals surface area contributed by atoms with E-state index in [1.807, 2.05) is 13.8 Å². The third-order valence-corrected chi connectivity index (χ3v) is 5.55. The minimum atomic E-state index is -3.38. The van der Waals surface area contributed by atoms with Gasteiger partial charge in [-0.25, -0.2) is 8.42 Å². The Labute approximate surface area is 109 Å². The lowest BCUT2D eigenvalue weighted by molar-refractivity contribution is 0.405. The molecule has 1 aliphatic heterocycles. The molecule has 1 heterocycles. The lowest BCUT2D eigenvalue weighted by atomic mass is 10.1. The molecule has 1 aliphatic rings. The van der Waals surface area contributed by atoms with E-state index in [0.29, 0.717) is 23.0 Å². The number of nitrogens with zero attached hydrogens (tertiary/aromatic N) is 1. The van der Waals surface area contributed by atoms with Crippen LogP contribution in [0.5, 0.6) is 0 Å². The number of sulfonamides is 1. The molecule has 2 N–H and O–H groups in total. The molecule has 0 radical (unpaired) electrons. The standard InChI is InChI=1S/C13H20N2O2S/c1-9-6-11(3)15(8-9)18(16,17)12-4-5-13(14)10(2)7-12/h4-5,7,9,11H,6,8,14H2,1-3H3. The summed E-state index contributed by atoms with van der Waals surface area (Å²) in [4.78, 5) is 0.343. The molecule has 0 bridgehead atoms. The molecular weight excluding hydrogens is 248 g/mol. The molecule has 2 atom stereocenters. The summed E-state index contributed by atoms with van der Waals surface area (Å²) in [7, 11) is -3.38. The normalized spacial score (nSPS) is 25.5. The maximum Gasteiger partial charge on any atom is 0.243 e. The van der Waals surface area contributed by atoms with Crippen LogP contribution in [0.15, 0.2) is 23.1 Å². The van der Waals surface area contributed by atoms with Gasteiger partial charge in [-0.15, -0.1) is 0 Å². The molecule has 0 saturated carbocycles. The molecule has 4 nitrogen and oxygen atoms in total. The molecular formula is C13H20N2O2S. The van der Waals surface area contributed by atoms with E-state index in [1.165, 1.54) is 0 Å². The molecule has 0 aliphatic carbocycles. The highest BCUT2D eigenvalue weighted by Gasteiger charge is 2.36. The van der Waals surface area contributed by atoms with Gasteiger partial charge in [0.25, 0.3) is 0 Å². The third-order valence-electron chi connectivity index (χ3n) is 3.57. The number of benzene rings is 1. The van der Waals surface area contributed by atoms with E-state index in [0.717, 1.165) is 12.0 Å². The molecule has 1 aromatic carbocycles. The fourth-order valence-electron chi connectivity index (χ4n) is 2.54. The van der Waals surface area contributed by atoms with Gasteiger partial charge in [-0.3, -0.25) is 0 Å². The molecule has 0 aromatic heterocycles. The van der Waals surface area contributed by atoms with E-state index in [2.05, 4.69) is 6.92 Å². The average Bonchev–Trinajstić information content (AvgIpc) is 2.62. The lowest BCUT2D eigenvalue weighted by Gasteiger charge is -2.21. The van der Waals surface area contributed by atoms with Crippen LogP contribution in [-0.4, -0.2) is 25.3 Å². The fourth-order valence-corrected chi connectivity index (χ4v) is 4.39. The summed E-state index contributed by atoms with van der Waals surface area (Å²) in [5.41, 5.74) is 7.15. The number of hydrogen-bond acceptors (Lipinski definition) is 3. The van der Waals surface area contributed by atoms with Crippen LogP contribution >= 0.6 is 0 Å². The van der Waals surface area contributed by atoms with Crippen LogP contribution in [0.25, 0.3) is 0 Å². The third kappa shape index (κ3) is 2.24. The Morgan fingerprint density at radius 1 is 1.33 bits per heavy atom. The molecule has 18 heavy (non-hydrogen) atoms. The zero-order valence-corrected chi connectivity index (χ0v) is 11.9. The van der Waals surface area contributed by atoms with Crippen LogP contribution in [0.1, 0.15) is 25.8 Å². The second-order valence-electron chi connectivity index (χ2n) is 5.28. The van der Waals surface area contributed by atoms with E-state index in [-0.39, 0.29) is 6.04 Å². The van der Waals surface area contributed by atoms with Gasteiger partial charge >= 0.3 is 0 Å². The van der Waals surface area contributed by atoms with Crippen LogP contribution < -0.4 is 5.73 Å². The maximum absolute atomic E-state index is 12.5. The monoisotopic (exact) mass is 268 g/mol. The van der Waals surface area contributed by atoms with Crippen LogP contribution in [0.3, 0.4) is 0 Å². The van der Waals surface area contributed by atoms with E-state index in [4.69, 9.17) is 5.73 Å². The van der Waals surface area contributed by atoms with Crippen molar-refractivity contribution in [1.82, 2.24) is 4.31 Å². The predicted octanol–water partition coefficient (Wildman–Crippen LogP) is 2.00. The van der Waals surface area contributed by atoms with Gasteiger partial charge in [-0.2, -0.15) is 4.31 Å². The van der Waals surface area contributed by atoms with Gasteiger partial charge in [0.1, 0.15) is 0 Å². The summed E-state index contributed by atoms with van der Waals surface area (Å²) < 4.78 is 26.7. The van der Waals surface area contributed by atoms with Gasteiger partial charge in [-0.05, 0) is 49.9 Å². The summed E-state index contributed by atoms with van der Waals surface area (Å²) in [6.45, 7) is 6.47. The van der Waals surface area contributed by atoms with Crippen molar-refractivity contribution in [2.24, 2.45) is 5.92 Å². The highest BCUT2D eigenvalue weighted by molar-refractivity contribution is 7.89. The zero-order chi connectivity index (χ0) is 13.5. The van der Waals surface area contributed by atoms with E-state index in [9.17, 15) is 8.42 Å². The quantitative estimate of drug-likeness (QED) is 0.834. The van der Waals surface area contributed by atoms with Gasteiger partial charge in [0.05, 0.1) is 4.90 Å². The number of rotatable bonds is 2. The zero-order valence-electron chi connectivity index (χ0n) is 11.1. The Kier molecular flexibility index (Phi) is 3.38. The van der Waals surface area contributed by atoms with Crippen LogP contribution in [-0.2, 0) is 10.0 Å². The Balaban J connectivity index is 2.39. The molecule has 1 fully saturated rings. The average molecular weight is 268 g/mol. The van der Waals surface area contributed by atoms with Gasteiger partial charge in [0.2, 0.25) is 10.0 Å². The maximum atomic E-state index is 12.5. The highest BCUT2D eigenvalue weighted by Crippen LogP contribution is 2.29. The van der Waals surface area contributed by atoms with Gasteiger partial charge in [0, 0.05) is 18.3 Å². The minimum Gasteiger partial charge on any atom is -0.399 e. The Morgan fingerprint density at radius 2 is 2.00 bits per heavy atom. The van der Waals surface area contributed by atoms with Crippen molar-refractivity contribution in [1.29, 1.82) is 0 Å². The van der Waals surface area contributed by atoms with Gasteiger partial charge in [0.15, 0.2) is 0 Å². The SMILES string of the molecule is Cc1cc(S(=O)(=O)N2CC(C)CC2C)ccc1N. The Bertz CT molecular complexity index is 554. The van der Waals surface area contributed by atoms with Crippen LogP contribution in [0.2, 0.25) is 0 Å².